The van der Waals surface area contributed by atoms with Crippen molar-refractivity contribution in [2.75, 3.05) is 18.0 Å². The van der Waals surface area contributed by atoms with Crippen LogP contribution in [0, 0.1) is 5.41 Å². The second-order valence-electron chi connectivity index (χ2n) is 5.37. The van der Waals surface area contributed by atoms with Crippen LogP contribution in [-0.4, -0.2) is 23.2 Å². The Kier molecular flexibility index (Phi) is 3.73. The Morgan fingerprint density at radius 1 is 1.53 bits per heavy atom. The smallest absolute Gasteiger partial charge is 0.185 e. The number of hydrogen-bond donors (Lipinski definition) is 1. The molecule has 1 aromatic heterocycles. The molecule has 2 heterocycles. The number of thiazole rings is 1. The predicted octanol–water partition coefficient (Wildman–Crippen LogP) is 3.21. The summed E-state index contributed by atoms with van der Waals surface area (Å²) in [6, 6.07) is 0. The fourth-order valence-corrected chi connectivity index (χ4v) is 3.11. The van der Waals surface area contributed by atoms with E-state index >= 15 is 0 Å². The van der Waals surface area contributed by atoms with Gasteiger partial charge in [0.25, 0.3) is 0 Å². The molecular weight excluding hydrogens is 232 g/mol. The molecule has 96 valence electrons. The molecule has 4 heteroatoms. The van der Waals surface area contributed by atoms with Gasteiger partial charge in [-0.25, -0.2) is 4.98 Å². The van der Waals surface area contributed by atoms with Gasteiger partial charge in [0.15, 0.2) is 5.13 Å². The molecule has 1 aliphatic rings. The molecule has 1 unspecified atom stereocenters. The summed E-state index contributed by atoms with van der Waals surface area (Å²) in [5.41, 5.74) is 0.515. The summed E-state index contributed by atoms with van der Waals surface area (Å²) >= 11 is 1.62. The zero-order valence-corrected chi connectivity index (χ0v) is 11.8. The quantitative estimate of drug-likeness (QED) is 0.899. The molecule has 1 aromatic rings. The average Bonchev–Trinajstić information content (AvgIpc) is 2.79. The minimum absolute atomic E-state index is 0.396. The van der Waals surface area contributed by atoms with Gasteiger partial charge in [-0.05, 0) is 25.2 Å². The molecule has 0 radical (unpaired) electrons. The van der Waals surface area contributed by atoms with Crippen LogP contribution < -0.4 is 4.90 Å². The molecule has 1 aliphatic heterocycles. The van der Waals surface area contributed by atoms with Crippen molar-refractivity contribution in [2.45, 2.75) is 46.1 Å². The highest BCUT2D eigenvalue weighted by molar-refractivity contribution is 7.15. The van der Waals surface area contributed by atoms with E-state index in [4.69, 9.17) is 0 Å². The lowest BCUT2D eigenvalue weighted by molar-refractivity contribution is 0.203. The van der Waals surface area contributed by atoms with Crippen molar-refractivity contribution in [3.63, 3.8) is 0 Å². The highest BCUT2D eigenvalue weighted by atomic mass is 32.1. The Balaban J connectivity index is 2.00. The van der Waals surface area contributed by atoms with Gasteiger partial charge in [0, 0.05) is 19.3 Å². The fourth-order valence-electron chi connectivity index (χ4n) is 2.21. The highest BCUT2D eigenvalue weighted by Gasteiger charge is 2.29. The van der Waals surface area contributed by atoms with Gasteiger partial charge in [0.05, 0.1) is 11.0 Å². The third kappa shape index (κ3) is 2.80. The van der Waals surface area contributed by atoms with Crippen LogP contribution in [0.4, 0.5) is 5.13 Å². The summed E-state index contributed by atoms with van der Waals surface area (Å²) in [7, 11) is 0. The van der Waals surface area contributed by atoms with Crippen LogP contribution in [-0.2, 0) is 0 Å². The van der Waals surface area contributed by atoms with E-state index in [0.717, 1.165) is 23.1 Å². The maximum absolute atomic E-state index is 9.51. The summed E-state index contributed by atoms with van der Waals surface area (Å²) in [6.07, 6.45) is 5.16. The second-order valence-corrected chi connectivity index (χ2v) is 6.41. The highest BCUT2D eigenvalue weighted by Crippen LogP contribution is 2.37. The maximum Gasteiger partial charge on any atom is 0.185 e. The minimum atomic E-state index is -0.396. The summed E-state index contributed by atoms with van der Waals surface area (Å²) in [6.45, 7) is 8.65. The molecule has 1 N–H and O–H groups in total. The topological polar surface area (TPSA) is 36.4 Å². The molecule has 17 heavy (non-hydrogen) atoms. The van der Waals surface area contributed by atoms with E-state index in [2.05, 4.69) is 23.7 Å². The molecule has 1 fully saturated rings. The number of aliphatic hydroxyl groups is 1. The zero-order chi connectivity index (χ0) is 12.5. The average molecular weight is 254 g/mol. The summed E-state index contributed by atoms with van der Waals surface area (Å²) in [5, 5.41) is 10.6. The Hall–Kier alpha value is -0.610. The first-order chi connectivity index (χ1) is 8.04. The molecule has 0 aliphatic carbocycles. The first kappa shape index (κ1) is 12.8. The molecule has 0 amide bonds. The van der Waals surface area contributed by atoms with Crippen LogP contribution >= 0.6 is 11.3 Å². The van der Waals surface area contributed by atoms with Crippen molar-refractivity contribution >= 4 is 16.5 Å². The summed E-state index contributed by atoms with van der Waals surface area (Å²) in [5.74, 6) is 0. The number of anilines is 1. The van der Waals surface area contributed by atoms with E-state index in [1.165, 1.54) is 19.3 Å². The number of aliphatic hydroxyl groups excluding tert-OH is 1. The molecule has 1 atom stereocenters. The third-order valence-electron chi connectivity index (χ3n) is 4.02. The Morgan fingerprint density at radius 2 is 2.18 bits per heavy atom. The van der Waals surface area contributed by atoms with E-state index in [1.54, 1.807) is 24.5 Å². The van der Waals surface area contributed by atoms with E-state index in [-0.39, 0.29) is 0 Å². The molecule has 1 saturated heterocycles. The predicted molar refractivity (Wildman–Crippen MR) is 72.6 cm³/mol. The number of piperidine rings is 1. The maximum atomic E-state index is 9.51. The fraction of sp³-hybridized carbons (Fsp3) is 0.769. The Morgan fingerprint density at radius 3 is 2.65 bits per heavy atom. The van der Waals surface area contributed by atoms with Gasteiger partial charge >= 0.3 is 0 Å². The molecule has 0 bridgehead atoms. The lowest BCUT2D eigenvalue weighted by atomic mass is 9.78. The van der Waals surface area contributed by atoms with Crippen molar-refractivity contribution in [1.29, 1.82) is 0 Å². The van der Waals surface area contributed by atoms with Crippen molar-refractivity contribution in [2.24, 2.45) is 5.41 Å². The molecule has 3 nitrogen and oxygen atoms in total. The van der Waals surface area contributed by atoms with Crippen LogP contribution in [0.5, 0.6) is 0 Å². The van der Waals surface area contributed by atoms with Crippen molar-refractivity contribution in [3.8, 4) is 0 Å². The lowest BCUT2D eigenvalue weighted by Gasteiger charge is -2.38. The minimum Gasteiger partial charge on any atom is -0.388 e. The second kappa shape index (κ2) is 4.94. The number of aromatic nitrogens is 1. The van der Waals surface area contributed by atoms with Gasteiger partial charge in [0.1, 0.15) is 0 Å². The van der Waals surface area contributed by atoms with Crippen LogP contribution in [0.15, 0.2) is 6.20 Å². The summed E-state index contributed by atoms with van der Waals surface area (Å²) in [4.78, 5) is 7.74. The zero-order valence-electron chi connectivity index (χ0n) is 10.9. The van der Waals surface area contributed by atoms with E-state index in [1.807, 2.05) is 0 Å². The van der Waals surface area contributed by atoms with Crippen LogP contribution in [0.25, 0.3) is 0 Å². The van der Waals surface area contributed by atoms with Gasteiger partial charge in [-0.1, -0.05) is 31.6 Å². The monoisotopic (exact) mass is 254 g/mol. The lowest BCUT2D eigenvalue weighted by Crippen LogP contribution is -2.38. The van der Waals surface area contributed by atoms with Crippen LogP contribution in [0.1, 0.15) is 51.0 Å². The molecule has 2 rings (SSSR count). The largest absolute Gasteiger partial charge is 0.388 e. The first-order valence-electron chi connectivity index (χ1n) is 6.43. The van der Waals surface area contributed by atoms with Crippen molar-refractivity contribution in [1.82, 2.24) is 4.98 Å². The van der Waals surface area contributed by atoms with Crippen molar-refractivity contribution < 1.29 is 5.11 Å². The van der Waals surface area contributed by atoms with E-state index in [9.17, 15) is 5.11 Å². The third-order valence-corrected chi connectivity index (χ3v) is 5.25. The van der Waals surface area contributed by atoms with Gasteiger partial charge in [-0.3, -0.25) is 0 Å². The Labute approximate surface area is 107 Å². The molecule has 0 spiro atoms. The van der Waals surface area contributed by atoms with Gasteiger partial charge in [0.2, 0.25) is 0 Å². The van der Waals surface area contributed by atoms with Crippen LogP contribution in [0.2, 0.25) is 0 Å². The molecule has 0 saturated carbocycles. The number of rotatable bonds is 3. The van der Waals surface area contributed by atoms with Crippen LogP contribution in [0.3, 0.4) is 0 Å². The molecule has 0 aromatic carbocycles. The number of hydrogen-bond acceptors (Lipinski definition) is 4. The number of nitrogens with zero attached hydrogens (tertiary/aromatic N) is 2. The van der Waals surface area contributed by atoms with Gasteiger partial charge in [-0.15, -0.1) is 0 Å². The Bertz CT molecular complexity index is 367. The van der Waals surface area contributed by atoms with Gasteiger partial charge < -0.3 is 10.0 Å². The van der Waals surface area contributed by atoms with Crippen molar-refractivity contribution in [3.05, 3.63) is 11.1 Å². The SMILES string of the molecule is CCC1(C)CCN(c2ncc(C(C)O)s2)CC1. The van der Waals surface area contributed by atoms with E-state index in [0.29, 0.717) is 5.41 Å². The van der Waals surface area contributed by atoms with E-state index < -0.39 is 6.10 Å². The first-order valence-corrected chi connectivity index (χ1v) is 7.24. The normalized spacial score (nSPS) is 21.5. The standard InChI is InChI=1S/C13H22N2OS/c1-4-13(3)5-7-15(8-6-13)12-14-9-11(17-12)10(2)16/h9-10,16H,4-8H2,1-3H3. The molecular formula is C13H22N2OS. The van der Waals surface area contributed by atoms with Gasteiger partial charge in [-0.2, -0.15) is 0 Å². The summed E-state index contributed by atoms with van der Waals surface area (Å²) < 4.78 is 0.